The predicted molar refractivity (Wildman–Crippen MR) is 77.6 cm³/mol. The first-order valence-corrected chi connectivity index (χ1v) is 6.34. The number of hydrogen-bond acceptors (Lipinski definition) is 3. The number of nitrogens with two attached hydrogens (primary N) is 1. The summed E-state index contributed by atoms with van der Waals surface area (Å²) in [6, 6.07) is 8.44. The number of ether oxygens (including phenoxy) is 2. The van der Waals surface area contributed by atoms with Crippen molar-refractivity contribution in [1.82, 2.24) is 0 Å². The van der Waals surface area contributed by atoms with Gasteiger partial charge >= 0.3 is 0 Å². The van der Waals surface area contributed by atoms with E-state index in [1.807, 2.05) is 26.0 Å². The maximum atomic E-state index is 13.8. The molecule has 3 nitrogen and oxygen atoms in total. The number of benzene rings is 2. The molecule has 2 N–H and O–H groups in total. The average molecular weight is 275 g/mol. The van der Waals surface area contributed by atoms with Crippen LogP contribution in [-0.2, 0) is 6.61 Å². The van der Waals surface area contributed by atoms with Gasteiger partial charge in [0.25, 0.3) is 0 Å². The van der Waals surface area contributed by atoms with Crippen molar-refractivity contribution in [2.24, 2.45) is 0 Å². The van der Waals surface area contributed by atoms with Crippen LogP contribution < -0.4 is 15.2 Å². The number of aryl methyl sites for hydroxylation is 1. The van der Waals surface area contributed by atoms with Gasteiger partial charge in [0, 0.05) is 22.9 Å². The van der Waals surface area contributed by atoms with Gasteiger partial charge in [-0.25, -0.2) is 4.39 Å². The largest absolute Gasteiger partial charge is 0.497 e. The fraction of sp³-hybridized carbons (Fsp3) is 0.250. The summed E-state index contributed by atoms with van der Waals surface area (Å²) in [5.41, 5.74) is 8.85. The standard InChI is InChI=1S/C16H18FNO2/c1-10-4-7-15(18)11(2)16(10)20-9-12-5-6-13(19-3)8-14(12)17/h4-8H,9,18H2,1-3H3. The Morgan fingerprint density at radius 1 is 1.15 bits per heavy atom. The van der Waals surface area contributed by atoms with Crippen LogP contribution in [0, 0.1) is 19.7 Å². The average Bonchev–Trinajstić information content (AvgIpc) is 2.44. The van der Waals surface area contributed by atoms with E-state index in [1.54, 1.807) is 12.1 Å². The molecule has 20 heavy (non-hydrogen) atoms. The molecule has 0 aliphatic carbocycles. The summed E-state index contributed by atoms with van der Waals surface area (Å²) in [5.74, 6) is 0.853. The van der Waals surface area contributed by atoms with Gasteiger partial charge in [0.15, 0.2) is 0 Å². The van der Waals surface area contributed by atoms with Crippen molar-refractivity contribution in [2.45, 2.75) is 20.5 Å². The van der Waals surface area contributed by atoms with E-state index in [1.165, 1.54) is 13.2 Å². The van der Waals surface area contributed by atoms with E-state index >= 15 is 0 Å². The molecule has 2 rings (SSSR count). The quantitative estimate of drug-likeness (QED) is 0.867. The fourth-order valence-corrected chi connectivity index (χ4v) is 1.99. The highest BCUT2D eigenvalue weighted by Gasteiger charge is 2.09. The zero-order valence-electron chi connectivity index (χ0n) is 11.9. The molecule has 0 radical (unpaired) electrons. The fourth-order valence-electron chi connectivity index (χ4n) is 1.99. The molecule has 106 valence electrons. The Bertz CT molecular complexity index is 626. The van der Waals surface area contributed by atoms with E-state index in [-0.39, 0.29) is 12.4 Å². The molecule has 0 amide bonds. The second-order valence-corrected chi connectivity index (χ2v) is 4.67. The van der Waals surface area contributed by atoms with E-state index < -0.39 is 0 Å². The SMILES string of the molecule is COc1ccc(COc2c(C)ccc(N)c2C)c(F)c1. The Balaban J connectivity index is 2.19. The van der Waals surface area contributed by atoms with Crippen LogP contribution >= 0.6 is 0 Å². The first-order valence-electron chi connectivity index (χ1n) is 6.34. The second kappa shape index (κ2) is 5.82. The third kappa shape index (κ3) is 2.85. The summed E-state index contributed by atoms with van der Waals surface area (Å²) in [4.78, 5) is 0. The molecular weight excluding hydrogens is 257 g/mol. The highest BCUT2D eigenvalue weighted by molar-refractivity contribution is 5.56. The molecule has 0 saturated heterocycles. The van der Waals surface area contributed by atoms with Gasteiger partial charge in [-0.15, -0.1) is 0 Å². The maximum Gasteiger partial charge on any atom is 0.133 e. The van der Waals surface area contributed by atoms with Gasteiger partial charge < -0.3 is 15.2 Å². The lowest BCUT2D eigenvalue weighted by Crippen LogP contribution is -2.03. The molecule has 0 bridgehead atoms. The zero-order chi connectivity index (χ0) is 14.7. The Morgan fingerprint density at radius 2 is 1.90 bits per heavy atom. The molecule has 0 saturated carbocycles. The summed E-state index contributed by atoms with van der Waals surface area (Å²) >= 11 is 0. The second-order valence-electron chi connectivity index (χ2n) is 4.67. The van der Waals surface area contributed by atoms with Crippen LogP contribution in [0.5, 0.6) is 11.5 Å². The van der Waals surface area contributed by atoms with Crippen molar-refractivity contribution in [3.63, 3.8) is 0 Å². The molecular formula is C16H18FNO2. The number of anilines is 1. The van der Waals surface area contributed by atoms with Gasteiger partial charge in [0.2, 0.25) is 0 Å². The van der Waals surface area contributed by atoms with Crippen molar-refractivity contribution in [3.8, 4) is 11.5 Å². The van der Waals surface area contributed by atoms with E-state index in [0.29, 0.717) is 22.7 Å². The first kappa shape index (κ1) is 14.2. The van der Waals surface area contributed by atoms with Crippen LogP contribution in [0.2, 0.25) is 0 Å². The van der Waals surface area contributed by atoms with Crippen molar-refractivity contribution < 1.29 is 13.9 Å². The van der Waals surface area contributed by atoms with Crippen LogP contribution in [-0.4, -0.2) is 7.11 Å². The number of rotatable bonds is 4. The van der Waals surface area contributed by atoms with Crippen LogP contribution in [0.25, 0.3) is 0 Å². The van der Waals surface area contributed by atoms with Gasteiger partial charge in [0.05, 0.1) is 7.11 Å². The molecule has 2 aromatic carbocycles. The third-order valence-corrected chi connectivity index (χ3v) is 3.28. The van der Waals surface area contributed by atoms with Crippen molar-refractivity contribution in [3.05, 3.63) is 52.8 Å². The summed E-state index contributed by atoms with van der Waals surface area (Å²) < 4.78 is 24.5. The zero-order valence-corrected chi connectivity index (χ0v) is 11.9. The number of methoxy groups -OCH3 is 1. The molecule has 0 atom stereocenters. The maximum absolute atomic E-state index is 13.8. The normalized spacial score (nSPS) is 10.4. The van der Waals surface area contributed by atoms with Gasteiger partial charge in [-0.1, -0.05) is 6.07 Å². The van der Waals surface area contributed by atoms with E-state index in [9.17, 15) is 4.39 Å². The molecule has 0 aliphatic heterocycles. The van der Waals surface area contributed by atoms with Gasteiger partial charge in [-0.05, 0) is 37.6 Å². The smallest absolute Gasteiger partial charge is 0.133 e. The molecule has 0 unspecified atom stereocenters. The highest BCUT2D eigenvalue weighted by atomic mass is 19.1. The van der Waals surface area contributed by atoms with Crippen LogP contribution in [0.4, 0.5) is 10.1 Å². The van der Waals surface area contributed by atoms with Crippen LogP contribution in [0.15, 0.2) is 30.3 Å². The molecule has 0 heterocycles. The Kier molecular flexibility index (Phi) is 4.13. The number of hydrogen-bond donors (Lipinski definition) is 1. The lowest BCUT2D eigenvalue weighted by atomic mass is 10.1. The topological polar surface area (TPSA) is 44.5 Å². The van der Waals surface area contributed by atoms with E-state index in [4.69, 9.17) is 15.2 Å². The highest BCUT2D eigenvalue weighted by Crippen LogP contribution is 2.28. The molecule has 0 fully saturated rings. The minimum absolute atomic E-state index is 0.154. The lowest BCUT2D eigenvalue weighted by Gasteiger charge is -2.14. The lowest BCUT2D eigenvalue weighted by molar-refractivity contribution is 0.295. The summed E-state index contributed by atoms with van der Waals surface area (Å²) in [6.07, 6.45) is 0. The predicted octanol–water partition coefficient (Wildman–Crippen LogP) is 3.61. The van der Waals surface area contributed by atoms with Crippen LogP contribution in [0.3, 0.4) is 0 Å². The van der Waals surface area contributed by atoms with Gasteiger partial charge in [-0.3, -0.25) is 0 Å². The summed E-state index contributed by atoms with van der Waals surface area (Å²) in [6.45, 7) is 3.98. The molecule has 0 spiro atoms. The van der Waals surface area contributed by atoms with E-state index in [0.717, 1.165) is 11.1 Å². The number of nitrogen functional groups attached to an aromatic ring is 1. The van der Waals surface area contributed by atoms with Crippen molar-refractivity contribution in [2.75, 3.05) is 12.8 Å². The van der Waals surface area contributed by atoms with Gasteiger partial charge in [0.1, 0.15) is 23.9 Å². The monoisotopic (exact) mass is 275 g/mol. The van der Waals surface area contributed by atoms with E-state index in [2.05, 4.69) is 0 Å². The molecule has 4 heteroatoms. The summed E-state index contributed by atoms with van der Waals surface area (Å²) in [7, 11) is 1.50. The minimum atomic E-state index is -0.344. The van der Waals surface area contributed by atoms with Crippen molar-refractivity contribution >= 4 is 5.69 Å². The first-order chi connectivity index (χ1) is 9.52. The molecule has 0 aliphatic rings. The molecule has 0 aromatic heterocycles. The van der Waals surface area contributed by atoms with Crippen molar-refractivity contribution in [1.29, 1.82) is 0 Å². The summed E-state index contributed by atoms with van der Waals surface area (Å²) in [5, 5.41) is 0. The Hall–Kier alpha value is -2.23. The van der Waals surface area contributed by atoms with Gasteiger partial charge in [-0.2, -0.15) is 0 Å². The minimum Gasteiger partial charge on any atom is -0.497 e. The molecule has 2 aromatic rings. The Morgan fingerprint density at radius 3 is 2.55 bits per heavy atom. The van der Waals surface area contributed by atoms with Crippen LogP contribution in [0.1, 0.15) is 16.7 Å². The number of halogens is 1. The Labute approximate surface area is 118 Å². The third-order valence-electron chi connectivity index (χ3n) is 3.28.